The van der Waals surface area contributed by atoms with E-state index < -0.39 is 0 Å². The van der Waals surface area contributed by atoms with Crippen molar-refractivity contribution in [3.05, 3.63) is 54.1 Å². The van der Waals surface area contributed by atoms with Crippen LogP contribution >= 0.6 is 11.8 Å². The molecule has 1 aliphatic rings. The number of hydrogen-bond acceptors (Lipinski definition) is 4. The molecule has 1 N–H and O–H groups in total. The number of nitrogens with one attached hydrogen (secondary N) is 1. The molecule has 0 fully saturated rings. The Morgan fingerprint density at radius 3 is 2.80 bits per heavy atom. The van der Waals surface area contributed by atoms with Crippen LogP contribution in [-0.2, 0) is 16.1 Å². The lowest BCUT2D eigenvalue weighted by atomic mass is 10.2. The summed E-state index contributed by atoms with van der Waals surface area (Å²) < 4.78 is 5.29. The van der Waals surface area contributed by atoms with Gasteiger partial charge in [-0.05, 0) is 18.2 Å². The number of rotatable bonds is 5. The number of thioether (sulfide) groups is 1. The number of carbonyl (C=O) groups is 2. The lowest BCUT2D eigenvalue weighted by molar-refractivity contribution is -0.123. The van der Waals surface area contributed by atoms with Gasteiger partial charge < -0.3 is 15.0 Å². The average Bonchev–Trinajstić information content (AvgIpc) is 2.79. The Balaban J connectivity index is 1.69. The first-order chi connectivity index (χ1) is 12.2. The van der Waals surface area contributed by atoms with Gasteiger partial charge in [0.2, 0.25) is 11.8 Å². The molecule has 0 atom stereocenters. The molecular weight excluding hydrogens is 336 g/mol. The van der Waals surface area contributed by atoms with Crippen molar-refractivity contribution in [2.45, 2.75) is 17.9 Å². The SMILES string of the molecule is COc1ccccc1CNC(=O)CN1C(=O)CCSc2ccccc21. The van der Waals surface area contributed by atoms with Crippen molar-refractivity contribution in [3.63, 3.8) is 0 Å². The van der Waals surface area contributed by atoms with Gasteiger partial charge >= 0.3 is 0 Å². The van der Waals surface area contributed by atoms with Gasteiger partial charge in [-0.3, -0.25) is 9.59 Å². The number of ether oxygens (including phenoxy) is 1. The summed E-state index contributed by atoms with van der Waals surface area (Å²) in [7, 11) is 1.60. The van der Waals surface area contributed by atoms with E-state index in [-0.39, 0.29) is 18.4 Å². The van der Waals surface area contributed by atoms with Crippen LogP contribution in [0.1, 0.15) is 12.0 Å². The van der Waals surface area contributed by atoms with Crippen molar-refractivity contribution in [2.75, 3.05) is 24.3 Å². The predicted molar refractivity (Wildman–Crippen MR) is 99.0 cm³/mol. The van der Waals surface area contributed by atoms with E-state index in [4.69, 9.17) is 4.74 Å². The summed E-state index contributed by atoms with van der Waals surface area (Å²) in [6, 6.07) is 15.2. The molecule has 0 bridgehead atoms. The van der Waals surface area contributed by atoms with Gasteiger partial charge in [0.1, 0.15) is 12.3 Å². The maximum absolute atomic E-state index is 12.4. The molecule has 0 saturated heterocycles. The number of carbonyl (C=O) groups excluding carboxylic acids is 2. The summed E-state index contributed by atoms with van der Waals surface area (Å²) in [6.45, 7) is 0.382. The number of benzene rings is 2. The second kappa shape index (κ2) is 8.07. The quantitative estimate of drug-likeness (QED) is 0.895. The molecule has 0 aliphatic carbocycles. The Hall–Kier alpha value is -2.47. The maximum atomic E-state index is 12.4. The van der Waals surface area contributed by atoms with E-state index in [2.05, 4.69) is 5.32 Å². The van der Waals surface area contributed by atoms with Gasteiger partial charge in [-0.1, -0.05) is 30.3 Å². The fourth-order valence-corrected chi connectivity index (χ4v) is 3.73. The van der Waals surface area contributed by atoms with E-state index in [1.807, 2.05) is 48.5 Å². The van der Waals surface area contributed by atoms with E-state index in [1.54, 1.807) is 23.8 Å². The fourth-order valence-electron chi connectivity index (χ4n) is 2.74. The Morgan fingerprint density at radius 2 is 1.96 bits per heavy atom. The van der Waals surface area contributed by atoms with Crippen molar-refractivity contribution >= 4 is 29.3 Å². The van der Waals surface area contributed by atoms with Gasteiger partial charge in [-0.25, -0.2) is 0 Å². The molecule has 0 aromatic heterocycles. The predicted octanol–water partition coefficient (Wildman–Crippen LogP) is 2.84. The van der Waals surface area contributed by atoms with Crippen molar-refractivity contribution < 1.29 is 14.3 Å². The molecular formula is C19H20N2O3S. The molecule has 5 nitrogen and oxygen atoms in total. The Labute approximate surface area is 151 Å². The molecule has 1 aliphatic heterocycles. The van der Waals surface area contributed by atoms with Gasteiger partial charge in [0.25, 0.3) is 0 Å². The first-order valence-corrected chi connectivity index (χ1v) is 9.08. The van der Waals surface area contributed by atoms with Crippen LogP contribution in [0.3, 0.4) is 0 Å². The van der Waals surface area contributed by atoms with Crippen molar-refractivity contribution in [3.8, 4) is 5.75 Å². The number of nitrogens with zero attached hydrogens (tertiary/aromatic N) is 1. The molecule has 3 rings (SSSR count). The molecule has 2 aromatic rings. The highest BCUT2D eigenvalue weighted by Gasteiger charge is 2.24. The summed E-state index contributed by atoms with van der Waals surface area (Å²) in [4.78, 5) is 27.4. The zero-order valence-electron chi connectivity index (χ0n) is 14.0. The van der Waals surface area contributed by atoms with Crippen LogP contribution in [0.5, 0.6) is 5.75 Å². The molecule has 25 heavy (non-hydrogen) atoms. The van der Waals surface area contributed by atoms with Crippen LogP contribution in [0.2, 0.25) is 0 Å². The van der Waals surface area contributed by atoms with Crippen LogP contribution in [0.4, 0.5) is 5.69 Å². The fraction of sp³-hybridized carbons (Fsp3) is 0.263. The Bertz CT molecular complexity index is 779. The van der Waals surface area contributed by atoms with Crippen LogP contribution in [0.15, 0.2) is 53.4 Å². The number of anilines is 1. The summed E-state index contributed by atoms with van der Waals surface area (Å²) in [5.41, 5.74) is 1.71. The normalized spacial score (nSPS) is 13.8. The summed E-state index contributed by atoms with van der Waals surface area (Å²) in [5.74, 6) is 1.25. The zero-order valence-corrected chi connectivity index (χ0v) is 14.8. The maximum Gasteiger partial charge on any atom is 0.240 e. The molecule has 2 aromatic carbocycles. The molecule has 130 valence electrons. The minimum Gasteiger partial charge on any atom is -0.496 e. The molecule has 0 saturated carbocycles. The van der Waals surface area contributed by atoms with Gasteiger partial charge in [0.15, 0.2) is 0 Å². The minimum atomic E-state index is -0.194. The molecule has 6 heteroatoms. The first-order valence-electron chi connectivity index (χ1n) is 8.10. The smallest absolute Gasteiger partial charge is 0.240 e. The lowest BCUT2D eigenvalue weighted by Crippen LogP contribution is -2.40. The van der Waals surface area contributed by atoms with Crippen molar-refractivity contribution in [1.82, 2.24) is 5.32 Å². The van der Waals surface area contributed by atoms with Gasteiger partial charge in [0, 0.05) is 29.2 Å². The number of fused-ring (bicyclic) bond motifs is 1. The first kappa shape index (κ1) is 17.4. The molecule has 0 radical (unpaired) electrons. The minimum absolute atomic E-state index is 0.0194. The number of hydrogen-bond donors (Lipinski definition) is 1. The van der Waals surface area contributed by atoms with Crippen molar-refractivity contribution in [2.24, 2.45) is 0 Å². The second-order valence-corrected chi connectivity index (χ2v) is 6.77. The third kappa shape index (κ3) is 4.14. The topological polar surface area (TPSA) is 58.6 Å². The highest BCUT2D eigenvalue weighted by Crippen LogP contribution is 2.33. The second-order valence-electron chi connectivity index (χ2n) is 5.63. The molecule has 2 amide bonds. The van der Waals surface area contributed by atoms with E-state index >= 15 is 0 Å². The van der Waals surface area contributed by atoms with Crippen LogP contribution < -0.4 is 15.0 Å². The van der Waals surface area contributed by atoms with Crippen LogP contribution in [-0.4, -0.2) is 31.2 Å². The van der Waals surface area contributed by atoms with Crippen LogP contribution in [0.25, 0.3) is 0 Å². The largest absolute Gasteiger partial charge is 0.496 e. The molecule has 1 heterocycles. The lowest BCUT2D eigenvalue weighted by Gasteiger charge is -2.22. The van der Waals surface area contributed by atoms with E-state index in [1.165, 1.54) is 0 Å². The van der Waals surface area contributed by atoms with Crippen molar-refractivity contribution in [1.29, 1.82) is 0 Å². The standard InChI is InChI=1S/C19H20N2O3S/c1-24-16-8-4-2-6-14(16)12-20-18(22)13-21-15-7-3-5-9-17(15)25-11-10-19(21)23/h2-9H,10-13H2,1H3,(H,20,22). The van der Waals surface area contributed by atoms with E-state index in [0.29, 0.717) is 13.0 Å². The summed E-state index contributed by atoms with van der Waals surface area (Å²) in [5, 5.41) is 2.87. The molecule has 0 unspecified atom stereocenters. The number of amides is 2. The Kier molecular flexibility index (Phi) is 5.60. The van der Waals surface area contributed by atoms with Gasteiger partial charge in [0.05, 0.1) is 12.8 Å². The average molecular weight is 356 g/mol. The Morgan fingerprint density at radius 1 is 1.20 bits per heavy atom. The summed E-state index contributed by atoms with van der Waals surface area (Å²) in [6.07, 6.45) is 0.430. The highest BCUT2D eigenvalue weighted by molar-refractivity contribution is 7.99. The van der Waals surface area contributed by atoms with E-state index in [0.717, 1.165) is 27.6 Å². The summed E-state index contributed by atoms with van der Waals surface area (Å²) >= 11 is 1.65. The number of para-hydroxylation sites is 2. The van der Waals surface area contributed by atoms with E-state index in [9.17, 15) is 9.59 Å². The monoisotopic (exact) mass is 356 g/mol. The third-order valence-electron chi connectivity index (χ3n) is 4.00. The third-order valence-corrected chi connectivity index (χ3v) is 5.07. The highest BCUT2D eigenvalue weighted by atomic mass is 32.2. The number of methoxy groups -OCH3 is 1. The molecule has 0 spiro atoms. The van der Waals surface area contributed by atoms with Gasteiger partial charge in [-0.2, -0.15) is 0 Å². The zero-order chi connectivity index (χ0) is 17.6. The van der Waals surface area contributed by atoms with Gasteiger partial charge in [-0.15, -0.1) is 11.8 Å². The van der Waals surface area contributed by atoms with Crippen LogP contribution in [0, 0.1) is 0 Å².